The van der Waals surface area contributed by atoms with E-state index in [1.807, 2.05) is 68.4 Å². The average Bonchev–Trinajstić information content (AvgIpc) is 3.02. The van der Waals surface area contributed by atoms with Gasteiger partial charge in [-0.3, -0.25) is 0 Å². The van der Waals surface area contributed by atoms with Crippen LogP contribution in [0.5, 0.6) is 0 Å². The van der Waals surface area contributed by atoms with Crippen LogP contribution in [-0.4, -0.2) is 16.9 Å². The molecule has 0 fully saturated rings. The number of benzene rings is 2. The molecule has 0 saturated heterocycles. The van der Waals surface area contributed by atoms with Crippen molar-refractivity contribution in [1.29, 1.82) is 0 Å². The number of halogens is 1. The minimum absolute atomic E-state index is 0.104. The van der Waals surface area contributed by atoms with Crippen molar-refractivity contribution in [2.75, 3.05) is 6.61 Å². The molecule has 0 radical (unpaired) electrons. The van der Waals surface area contributed by atoms with Crippen LogP contribution in [-0.2, 0) is 4.74 Å². The molecule has 0 saturated carbocycles. The van der Waals surface area contributed by atoms with E-state index in [4.69, 9.17) is 9.26 Å². The Morgan fingerprint density at radius 2 is 1.80 bits per heavy atom. The zero-order valence-electron chi connectivity index (χ0n) is 14.1. The lowest BCUT2D eigenvalue weighted by Crippen LogP contribution is -2.11. The van der Waals surface area contributed by atoms with Crippen molar-refractivity contribution in [3.05, 3.63) is 75.9 Å². The molecule has 0 aliphatic heterocycles. The number of rotatable bonds is 6. The van der Waals surface area contributed by atoms with E-state index in [0.717, 1.165) is 15.6 Å². The second-order valence-electron chi connectivity index (χ2n) is 5.92. The van der Waals surface area contributed by atoms with Gasteiger partial charge in [-0.05, 0) is 31.5 Å². The Kier molecular flexibility index (Phi) is 5.68. The fourth-order valence-electron chi connectivity index (χ4n) is 2.72. The van der Waals surface area contributed by atoms with Crippen molar-refractivity contribution in [3.8, 4) is 11.3 Å². The van der Waals surface area contributed by atoms with Gasteiger partial charge in [0.2, 0.25) is 0 Å². The number of nitrogens with zero attached hydrogens (tertiary/aromatic N) is 1. The van der Waals surface area contributed by atoms with E-state index in [1.54, 1.807) is 0 Å². The standard InChI is InChI=1S/C20H20BrNO3/c1-13-19(20(25-22-13)16-8-10-17(21)11-9-16)18(23)12-24-14(2)15-6-4-3-5-7-15/h3-11,14,18,23H,12H2,1-2H3/t14-,18?/m1/s1. The van der Waals surface area contributed by atoms with Crippen molar-refractivity contribution < 1.29 is 14.4 Å². The average molecular weight is 402 g/mol. The first-order chi connectivity index (χ1) is 12.1. The van der Waals surface area contributed by atoms with Gasteiger partial charge in [-0.25, -0.2) is 0 Å². The molecule has 130 valence electrons. The molecular formula is C20H20BrNO3. The van der Waals surface area contributed by atoms with Gasteiger partial charge in [-0.2, -0.15) is 0 Å². The summed E-state index contributed by atoms with van der Waals surface area (Å²) in [5.41, 5.74) is 3.28. The SMILES string of the molecule is Cc1noc(-c2ccc(Br)cc2)c1C(O)CO[C@H](C)c1ccccc1. The molecule has 0 spiro atoms. The predicted molar refractivity (Wildman–Crippen MR) is 100 cm³/mol. The molecule has 1 heterocycles. The number of aromatic nitrogens is 1. The van der Waals surface area contributed by atoms with Gasteiger partial charge in [0, 0.05) is 10.0 Å². The van der Waals surface area contributed by atoms with E-state index in [-0.39, 0.29) is 12.7 Å². The van der Waals surface area contributed by atoms with Crippen LogP contribution < -0.4 is 0 Å². The molecule has 0 aliphatic carbocycles. The van der Waals surface area contributed by atoms with Crippen molar-refractivity contribution in [2.45, 2.75) is 26.1 Å². The molecule has 1 N–H and O–H groups in total. The summed E-state index contributed by atoms with van der Waals surface area (Å²) in [6.45, 7) is 3.96. The number of hydrogen-bond donors (Lipinski definition) is 1. The third-order valence-electron chi connectivity index (χ3n) is 4.12. The van der Waals surface area contributed by atoms with Gasteiger partial charge in [-0.1, -0.05) is 63.6 Å². The van der Waals surface area contributed by atoms with E-state index < -0.39 is 6.10 Å². The number of hydrogen-bond acceptors (Lipinski definition) is 4. The van der Waals surface area contributed by atoms with Crippen LogP contribution in [0.2, 0.25) is 0 Å². The van der Waals surface area contributed by atoms with Gasteiger partial charge in [0.05, 0.1) is 24.0 Å². The first-order valence-corrected chi connectivity index (χ1v) is 8.92. The maximum atomic E-state index is 10.6. The molecule has 0 amide bonds. The van der Waals surface area contributed by atoms with E-state index in [9.17, 15) is 5.11 Å². The van der Waals surface area contributed by atoms with E-state index in [2.05, 4.69) is 21.1 Å². The Morgan fingerprint density at radius 1 is 1.12 bits per heavy atom. The smallest absolute Gasteiger partial charge is 0.173 e. The fraction of sp³-hybridized carbons (Fsp3) is 0.250. The highest BCUT2D eigenvalue weighted by Gasteiger charge is 2.23. The van der Waals surface area contributed by atoms with E-state index >= 15 is 0 Å². The minimum atomic E-state index is -0.809. The lowest BCUT2D eigenvalue weighted by atomic mass is 10.0. The van der Waals surface area contributed by atoms with Crippen LogP contribution in [0.3, 0.4) is 0 Å². The molecule has 3 aromatic rings. The van der Waals surface area contributed by atoms with Crippen LogP contribution in [0.1, 0.15) is 36.0 Å². The third-order valence-corrected chi connectivity index (χ3v) is 4.65. The van der Waals surface area contributed by atoms with Crippen LogP contribution >= 0.6 is 15.9 Å². The summed E-state index contributed by atoms with van der Waals surface area (Å²) >= 11 is 3.42. The van der Waals surface area contributed by atoms with Crippen LogP contribution in [0.4, 0.5) is 0 Å². The largest absolute Gasteiger partial charge is 0.386 e. The van der Waals surface area contributed by atoms with Gasteiger partial charge >= 0.3 is 0 Å². The quantitative estimate of drug-likeness (QED) is 0.614. The van der Waals surface area contributed by atoms with Crippen LogP contribution in [0.25, 0.3) is 11.3 Å². The number of aliphatic hydroxyl groups is 1. The van der Waals surface area contributed by atoms with E-state index in [0.29, 0.717) is 17.0 Å². The summed E-state index contributed by atoms with van der Waals surface area (Å²) in [5.74, 6) is 0.577. The van der Waals surface area contributed by atoms with Crippen LogP contribution in [0, 0.1) is 6.92 Å². The summed E-state index contributed by atoms with van der Waals surface area (Å²) in [4.78, 5) is 0. The Balaban J connectivity index is 1.75. The Bertz CT molecular complexity index is 815. The Morgan fingerprint density at radius 3 is 2.48 bits per heavy atom. The zero-order chi connectivity index (χ0) is 17.8. The van der Waals surface area contributed by atoms with Crippen molar-refractivity contribution in [2.24, 2.45) is 0 Å². The molecule has 1 aromatic heterocycles. The second-order valence-corrected chi connectivity index (χ2v) is 6.84. The van der Waals surface area contributed by atoms with Crippen molar-refractivity contribution in [1.82, 2.24) is 5.16 Å². The summed E-state index contributed by atoms with van der Waals surface area (Å²) in [5, 5.41) is 14.7. The first-order valence-electron chi connectivity index (χ1n) is 8.13. The molecule has 2 atom stereocenters. The van der Waals surface area contributed by atoms with Gasteiger partial charge in [0.1, 0.15) is 6.10 Å². The molecule has 3 rings (SSSR count). The van der Waals surface area contributed by atoms with Crippen LogP contribution in [0.15, 0.2) is 63.6 Å². The predicted octanol–water partition coefficient (Wildman–Crippen LogP) is 5.22. The summed E-state index contributed by atoms with van der Waals surface area (Å²) in [6, 6.07) is 17.6. The van der Waals surface area contributed by atoms with Gasteiger partial charge < -0.3 is 14.4 Å². The first kappa shape index (κ1) is 17.9. The summed E-state index contributed by atoms with van der Waals surface area (Å²) in [6.07, 6.45) is -0.914. The molecule has 5 heteroatoms. The lowest BCUT2D eigenvalue weighted by Gasteiger charge is -2.17. The number of aryl methyl sites for hydroxylation is 1. The van der Waals surface area contributed by atoms with Gasteiger partial charge in [0.15, 0.2) is 5.76 Å². The molecule has 0 bridgehead atoms. The molecule has 4 nitrogen and oxygen atoms in total. The molecule has 2 aromatic carbocycles. The summed E-state index contributed by atoms with van der Waals surface area (Å²) in [7, 11) is 0. The highest BCUT2D eigenvalue weighted by molar-refractivity contribution is 9.10. The van der Waals surface area contributed by atoms with Gasteiger partial charge in [-0.15, -0.1) is 0 Å². The Labute approximate surface area is 155 Å². The highest BCUT2D eigenvalue weighted by Crippen LogP contribution is 2.32. The topological polar surface area (TPSA) is 55.5 Å². The third kappa shape index (κ3) is 4.18. The van der Waals surface area contributed by atoms with Crippen molar-refractivity contribution >= 4 is 15.9 Å². The highest BCUT2D eigenvalue weighted by atomic mass is 79.9. The summed E-state index contributed by atoms with van der Waals surface area (Å²) < 4.78 is 12.3. The monoisotopic (exact) mass is 401 g/mol. The number of ether oxygens (including phenoxy) is 1. The fourth-order valence-corrected chi connectivity index (χ4v) is 2.98. The number of aliphatic hydroxyl groups excluding tert-OH is 1. The second kappa shape index (κ2) is 7.95. The Hall–Kier alpha value is -1.95. The lowest BCUT2D eigenvalue weighted by molar-refractivity contribution is -0.00374. The molecule has 0 aliphatic rings. The normalized spacial score (nSPS) is 13.6. The minimum Gasteiger partial charge on any atom is -0.386 e. The van der Waals surface area contributed by atoms with Gasteiger partial charge in [0.25, 0.3) is 0 Å². The molecule has 1 unspecified atom stereocenters. The van der Waals surface area contributed by atoms with E-state index in [1.165, 1.54) is 0 Å². The van der Waals surface area contributed by atoms with Crippen molar-refractivity contribution in [3.63, 3.8) is 0 Å². The molecular weight excluding hydrogens is 382 g/mol. The maximum Gasteiger partial charge on any atom is 0.173 e. The zero-order valence-corrected chi connectivity index (χ0v) is 15.7. The molecule has 25 heavy (non-hydrogen) atoms. The maximum absolute atomic E-state index is 10.6.